The summed E-state index contributed by atoms with van der Waals surface area (Å²) in [6.07, 6.45) is 0.721. The highest BCUT2D eigenvalue weighted by molar-refractivity contribution is 6.52. The highest BCUT2D eigenvalue weighted by Gasteiger charge is 2.43. The molecular weight excluding hydrogens is 458 g/mol. The van der Waals surface area contributed by atoms with E-state index in [1.807, 2.05) is 48.2 Å². The van der Waals surface area contributed by atoms with E-state index in [-0.39, 0.29) is 17.0 Å². The molecule has 2 heterocycles. The summed E-state index contributed by atoms with van der Waals surface area (Å²) in [6, 6.07) is 28.6. The molecule has 3 aromatic rings. The van der Waals surface area contributed by atoms with Gasteiger partial charge in [-0.15, -0.1) is 0 Å². The Labute approximate surface area is 211 Å². The summed E-state index contributed by atoms with van der Waals surface area (Å²) in [5.41, 5.74) is 4.35. The van der Waals surface area contributed by atoms with E-state index in [0.29, 0.717) is 24.5 Å². The van der Waals surface area contributed by atoms with Crippen molar-refractivity contribution in [1.82, 2.24) is 9.80 Å². The molecular formula is C29H28ClN3O2. The van der Waals surface area contributed by atoms with Crippen LogP contribution in [0, 0.1) is 0 Å². The first-order valence-corrected chi connectivity index (χ1v) is 12.4. The van der Waals surface area contributed by atoms with Crippen molar-refractivity contribution < 1.29 is 9.59 Å². The standard InChI is InChI=1S/C29H28ClN3O2/c1-2-21-11-9-10-16-24(21)33-28(34)25(30)27(29(33)35)32-19-17-31(18-20-32)26(22-12-5-3-6-13-22)23-14-7-4-8-15-23/h3-16,26H,2,17-20H2,1H3. The molecule has 2 amide bonds. The lowest BCUT2D eigenvalue weighted by molar-refractivity contribution is -0.121. The molecule has 3 aromatic carbocycles. The van der Waals surface area contributed by atoms with E-state index in [1.54, 1.807) is 0 Å². The number of imide groups is 1. The van der Waals surface area contributed by atoms with Gasteiger partial charge >= 0.3 is 0 Å². The van der Waals surface area contributed by atoms with Crippen molar-refractivity contribution in [2.75, 3.05) is 31.1 Å². The average Bonchev–Trinajstić information content (AvgIpc) is 3.13. The third kappa shape index (κ3) is 4.38. The molecule has 0 N–H and O–H groups in total. The number of hydrogen-bond acceptors (Lipinski definition) is 4. The monoisotopic (exact) mass is 485 g/mol. The van der Waals surface area contributed by atoms with E-state index in [1.165, 1.54) is 16.0 Å². The largest absolute Gasteiger partial charge is 0.363 e. The highest BCUT2D eigenvalue weighted by atomic mass is 35.5. The number of carbonyl (C=O) groups is 2. The molecule has 5 rings (SSSR count). The van der Waals surface area contributed by atoms with E-state index < -0.39 is 5.91 Å². The number of rotatable bonds is 6. The van der Waals surface area contributed by atoms with E-state index in [4.69, 9.17) is 11.6 Å². The zero-order valence-electron chi connectivity index (χ0n) is 19.7. The third-order valence-electron chi connectivity index (χ3n) is 6.84. The summed E-state index contributed by atoms with van der Waals surface area (Å²) in [7, 11) is 0. The van der Waals surface area contributed by atoms with Crippen LogP contribution in [0.3, 0.4) is 0 Å². The number of carbonyl (C=O) groups excluding carboxylic acids is 2. The van der Waals surface area contributed by atoms with Crippen LogP contribution in [-0.4, -0.2) is 47.8 Å². The molecule has 0 radical (unpaired) electrons. The van der Waals surface area contributed by atoms with Gasteiger partial charge in [-0.2, -0.15) is 0 Å². The molecule has 6 heteroatoms. The Bertz CT molecular complexity index is 1210. The number of piperazine rings is 1. The van der Waals surface area contributed by atoms with E-state index >= 15 is 0 Å². The van der Waals surface area contributed by atoms with Gasteiger partial charge in [0.25, 0.3) is 11.8 Å². The Hall–Kier alpha value is -3.41. The van der Waals surface area contributed by atoms with E-state index in [2.05, 4.69) is 53.4 Å². The lowest BCUT2D eigenvalue weighted by Gasteiger charge is -2.40. The quantitative estimate of drug-likeness (QED) is 0.462. The summed E-state index contributed by atoms with van der Waals surface area (Å²) in [4.78, 5) is 32.2. The minimum Gasteiger partial charge on any atom is -0.363 e. The molecule has 0 atom stereocenters. The van der Waals surface area contributed by atoms with Crippen LogP contribution >= 0.6 is 11.6 Å². The van der Waals surface area contributed by atoms with Crippen molar-refractivity contribution in [3.8, 4) is 0 Å². The van der Waals surface area contributed by atoms with Gasteiger partial charge in [0.1, 0.15) is 10.7 Å². The van der Waals surface area contributed by atoms with E-state index in [0.717, 1.165) is 25.1 Å². The van der Waals surface area contributed by atoms with E-state index in [9.17, 15) is 9.59 Å². The number of amides is 2. The molecule has 0 bridgehead atoms. The molecule has 1 saturated heterocycles. The van der Waals surface area contributed by atoms with Crippen molar-refractivity contribution in [3.63, 3.8) is 0 Å². The van der Waals surface area contributed by atoms with Gasteiger partial charge in [0.05, 0.1) is 11.7 Å². The van der Waals surface area contributed by atoms with Crippen LogP contribution in [0.1, 0.15) is 29.7 Å². The molecule has 0 aliphatic carbocycles. The predicted octanol–water partition coefficient (Wildman–Crippen LogP) is 4.98. The number of para-hydroxylation sites is 1. The van der Waals surface area contributed by atoms with Crippen LogP contribution < -0.4 is 4.90 Å². The Balaban J connectivity index is 1.37. The van der Waals surface area contributed by atoms with Gasteiger partial charge < -0.3 is 4.90 Å². The van der Waals surface area contributed by atoms with Crippen LogP contribution in [0.5, 0.6) is 0 Å². The molecule has 0 spiro atoms. The molecule has 2 aliphatic heterocycles. The van der Waals surface area contributed by atoms with Crippen LogP contribution in [-0.2, 0) is 16.0 Å². The molecule has 178 valence electrons. The Kier molecular flexibility index (Phi) is 6.71. The van der Waals surface area contributed by atoms with Gasteiger partial charge in [-0.1, -0.05) is 97.4 Å². The lowest BCUT2D eigenvalue weighted by Crippen LogP contribution is -2.48. The van der Waals surface area contributed by atoms with Crippen LogP contribution in [0.25, 0.3) is 0 Å². The van der Waals surface area contributed by atoms with Gasteiger partial charge in [-0.25, -0.2) is 4.90 Å². The van der Waals surface area contributed by atoms with Crippen LogP contribution in [0.15, 0.2) is 95.7 Å². The molecule has 0 unspecified atom stereocenters. The minimum atomic E-state index is -0.443. The Morgan fingerprint density at radius 1 is 0.743 bits per heavy atom. The number of hydrogen-bond donors (Lipinski definition) is 0. The van der Waals surface area contributed by atoms with Crippen molar-refractivity contribution in [2.24, 2.45) is 0 Å². The predicted molar refractivity (Wildman–Crippen MR) is 139 cm³/mol. The molecule has 5 nitrogen and oxygen atoms in total. The average molecular weight is 486 g/mol. The van der Waals surface area contributed by atoms with Gasteiger partial charge in [0.15, 0.2) is 0 Å². The second-order valence-corrected chi connectivity index (χ2v) is 9.22. The maximum Gasteiger partial charge on any atom is 0.283 e. The first kappa shape index (κ1) is 23.3. The smallest absolute Gasteiger partial charge is 0.283 e. The summed E-state index contributed by atoms with van der Waals surface area (Å²) in [5.74, 6) is -0.779. The fourth-order valence-corrected chi connectivity index (χ4v) is 5.39. The van der Waals surface area contributed by atoms with Crippen LogP contribution in [0.4, 0.5) is 5.69 Å². The maximum absolute atomic E-state index is 13.5. The zero-order valence-corrected chi connectivity index (χ0v) is 20.5. The zero-order chi connectivity index (χ0) is 24.4. The molecule has 0 saturated carbocycles. The Morgan fingerprint density at radius 2 is 1.29 bits per heavy atom. The van der Waals surface area contributed by atoms with Crippen molar-refractivity contribution >= 4 is 29.1 Å². The SMILES string of the molecule is CCc1ccccc1N1C(=O)C(Cl)=C(N2CCN(C(c3ccccc3)c3ccccc3)CC2)C1=O. The summed E-state index contributed by atoms with van der Waals surface area (Å²) in [5, 5.41) is 0.0111. The first-order chi connectivity index (χ1) is 17.1. The number of aryl methyl sites for hydroxylation is 1. The maximum atomic E-state index is 13.5. The second kappa shape index (κ2) is 10.1. The van der Waals surface area contributed by atoms with Crippen molar-refractivity contribution in [2.45, 2.75) is 19.4 Å². The van der Waals surface area contributed by atoms with Gasteiger partial charge in [0.2, 0.25) is 0 Å². The summed E-state index contributed by atoms with van der Waals surface area (Å²) >= 11 is 6.50. The first-order valence-electron chi connectivity index (χ1n) is 12.1. The van der Waals surface area contributed by atoms with Crippen molar-refractivity contribution in [1.29, 1.82) is 0 Å². The topological polar surface area (TPSA) is 43.9 Å². The number of nitrogens with zero attached hydrogens (tertiary/aromatic N) is 3. The van der Waals surface area contributed by atoms with Crippen molar-refractivity contribution in [3.05, 3.63) is 112 Å². The van der Waals surface area contributed by atoms with Gasteiger partial charge in [-0.3, -0.25) is 14.5 Å². The lowest BCUT2D eigenvalue weighted by atomic mass is 9.96. The molecule has 35 heavy (non-hydrogen) atoms. The third-order valence-corrected chi connectivity index (χ3v) is 7.18. The molecule has 1 fully saturated rings. The fraction of sp³-hybridized carbons (Fsp3) is 0.241. The fourth-order valence-electron chi connectivity index (χ4n) is 5.10. The molecule has 2 aliphatic rings. The summed E-state index contributed by atoms with van der Waals surface area (Å²) < 4.78 is 0. The van der Waals surface area contributed by atoms with Crippen LogP contribution in [0.2, 0.25) is 0 Å². The second-order valence-electron chi connectivity index (χ2n) is 8.84. The minimum absolute atomic E-state index is 0.0111. The van der Waals surface area contributed by atoms with Gasteiger partial charge in [-0.05, 0) is 29.2 Å². The number of halogens is 1. The normalized spacial score (nSPS) is 17.1. The number of benzene rings is 3. The van der Waals surface area contributed by atoms with Gasteiger partial charge in [0, 0.05) is 26.2 Å². The molecule has 0 aromatic heterocycles. The Morgan fingerprint density at radius 3 is 1.86 bits per heavy atom. The highest BCUT2D eigenvalue weighted by Crippen LogP contribution is 2.35. The number of anilines is 1. The summed E-state index contributed by atoms with van der Waals surface area (Å²) in [6.45, 7) is 4.73.